The molecule has 1 aromatic rings. The summed E-state index contributed by atoms with van der Waals surface area (Å²) in [5.74, 6) is -1.02. The Balaban J connectivity index is 2.00. The van der Waals surface area contributed by atoms with Crippen LogP contribution in [0, 0.1) is 5.92 Å². The van der Waals surface area contributed by atoms with Gasteiger partial charge < -0.3 is 11.1 Å². The lowest BCUT2D eigenvalue weighted by Gasteiger charge is -2.23. The minimum Gasteiger partial charge on any atom is -0.368 e. The number of hydrogen-bond acceptors (Lipinski definition) is 2. The SMILES string of the molecule is NC(=O)[C@@H](Cc1ccc(C(F)(F)F)cc1)NC(=O)C1CCCCC1. The van der Waals surface area contributed by atoms with Crippen LogP contribution in [0.5, 0.6) is 0 Å². The van der Waals surface area contributed by atoms with Gasteiger partial charge in [0.1, 0.15) is 6.04 Å². The number of carbonyl (C=O) groups excluding carboxylic acids is 2. The quantitative estimate of drug-likeness (QED) is 0.864. The molecule has 132 valence electrons. The predicted molar refractivity (Wildman–Crippen MR) is 82.8 cm³/mol. The van der Waals surface area contributed by atoms with Crippen molar-refractivity contribution in [3.05, 3.63) is 35.4 Å². The zero-order chi connectivity index (χ0) is 17.7. The molecule has 0 aromatic heterocycles. The highest BCUT2D eigenvalue weighted by Crippen LogP contribution is 2.29. The van der Waals surface area contributed by atoms with Gasteiger partial charge in [0.15, 0.2) is 0 Å². The van der Waals surface area contributed by atoms with Crippen molar-refractivity contribution in [2.24, 2.45) is 11.7 Å². The third-order valence-corrected chi connectivity index (χ3v) is 4.36. The first-order valence-corrected chi connectivity index (χ1v) is 8.03. The predicted octanol–water partition coefficient (Wildman–Crippen LogP) is 2.80. The van der Waals surface area contributed by atoms with Crippen LogP contribution in [-0.4, -0.2) is 17.9 Å². The highest BCUT2D eigenvalue weighted by molar-refractivity contribution is 5.87. The summed E-state index contributed by atoms with van der Waals surface area (Å²) in [5, 5.41) is 2.64. The first-order valence-electron chi connectivity index (χ1n) is 8.03. The Hall–Kier alpha value is -2.05. The Morgan fingerprint density at radius 2 is 1.71 bits per heavy atom. The maximum Gasteiger partial charge on any atom is 0.416 e. The molecule has 1 aliphatic rings. The second-order valence-electron chi connectivity index (χ2n) is 6.20. The van der Waals surface area contributed by atoms with Gasteiger partial charge >= 0.3 is 6.18 Å². The van der Waals surface area contributed by atoms with Crippen LogP contribution in [0.2, 0.25) is 0 Å². The lowest BCUT2D eigenvalue weighted by Crippen LogP contribution is -2.48. The molecule has 2 rings (SSSR count). The van der Waals surface area contributed by atoms with Gasteiger partial charge in [-0.05, 0) is 30.5 Å². The molecule has 0 spiro atoms. The number of nitrogens with two attached hydrogens (primary N) is 1. The van der Waals surface area contributed by atoms with Crippen molar-refractivity contribution >= 4 is 11.8 Å². The lowest BCUT2D eigenvalue weighted by atomic mass is 9.88. The topological polar surface area (TPSA) is 72.2 Å². The Bertz CT molecular complexity index is 578. The van der Waals surface area contributed by atoms with E-state index in [1.807, 2.05) is 0 Å². The first-order chi connectivity index (χ1) is 11.3. The summed E-state index contributed by atoms with van der Waals surface area (Å²) in [6, 6.07) is 3.58. The van der Waals surface area contributed by atoms with E-state index in [-0.39, 0.29) is 18.2 Å². The number of halogens is 3. The van der Waals surface area contributed by atoms with E-state index in [2.05, 4.69) is 5.32 Å². The Kier molecular flexibility index (Phi) is 5.85. The summed E-state index contributed by atoms with van der Waals surface area (Å²) < 4.78 is 37.7. The monoisotopic (exact) mass is 342 g/mol. The summed E-state index contributed by atoms with van der Waals surface area (Å²) in [6.07, 6.45) is 0.322. The smallest absolute Gasteiger partial charge is 0.368 e. The fourth-order valence-electron chi connectivity index (χ4n) is 2.94. The van der Waals surface area contributed by atoms with E-state index < -0.39 is 23.7 Å². The standard InChI is InChI=1S/C17H21F3N2O2/c18-17(19,20)13-8-6-11(7-9-13)10-14(15(21)23)22-16(24)12-4-2-1-3-5-12/h6-9,12,14H,1-5,10H2,(H2,21,23)(H,22,24)/t14-/m1/s1. The average molecular weight is 342 g/mol. The van der Waals surface area contributed by atoms with Crippen molar-refractivity contribution in [2.45, 2.75) is 50.7 Å². The number of rotatable bonds is 5. The number of hydrogen-bond donors (Lipinski definition) is 2. The van der Waals surface area contributed by atoms with E-state index in [1.165, 1.54) is 12.1 Å². The van der Waals surface area contributed by atoms with Gasteiger partial charge in [-0.25, -0.2) is 0 Å². The second-order valence-corrected chi connectivity index (χ2v) is 6.20. The van der Waals surface area contributed by atoms with Crippen LogP contribution in [0.3, 0.4) is 0 Å². The molecule has 1 saturated carbocycles. The molecule has 0 bridgehead atoms. The second kappa shape index (κ2) is 7.68. The maximum atomic E-state index is 12.6. The summed E-state index contributed by atoms with van der Waals surface area (Å²) in [5.41, 5.74) is 5.08. The maximum absolute atomic E-state index is 12.6. The molecule has 2 amide bonds. The molecule has 0 saturated heterocycles. The van der Waals surface area contributed by atoms with Crippen LogP contribution in [0.1, 0.15) is 43.2 Å². The van der Waals surface area contributed by atoms with Crippen molar-refractivity contribution in [1.82, 2.24) is 5.32 Å². The lowest BCUT2D eigenvalue weighted by molar-refractivity contribution is -0.137. The van der Waals surface area contributed by atoms with Gasteiger partial charge in [-0.15, -0.1) is 0 Å². The number of alkyl halides is 3. The fourth-order valence-corrected chi connectivity index (χ4v) is 2.94. The van der Waals surface area contributed by atoms with Crippen molar-refractivity contribution in [3.8, 4) is 0 Å². The number of primary amides is 1. The molecular weight excluding hydrogens is 321 g/mol. The number of amides is 2. The molecule has 7 heteroatoms. The fraction of sp³-hybridized carbons (Fsp3) is 0.529. The first kappa shape index (κ1) is 18.3. The largest absolute Gasteiger partial charge is 0.416 e. The summed E-state index contributed by atoms with van der Waals surface area (Å²) in [7, 11) is 0. The third kappa shape index (κ3) is 4.97. The molecule has 1 aromatic carbocycles. The van der Waals surface area contributed by atoms with E-state index in [1.54, 1.807) is 0 Å². The van der Waals surface area contributed by atoms with E-state index in [4.69, 9.17) is 5.73 Å². The normalized spacial score (nSPS) is 17.3. The summed E-state index contributed by atoms with van der Waals surface area (Å²) in [4.78, 5) is 23.8. The van der Waals surface area contributed by atoms with Crippen LogP contribution >= 0.6 is 0 Å². The van der Waals surface area contributed by atoms with Crippen molar-refractivity contribution in [2.75, 3.05) is 0 Å². The molecule has 0 aliphatic heterocycles. The van der Waals surface area contributed by atoms with Crippen LogP contribution in [0.4, 0.5) is 13.2 Å². The van der Waals surface area contributed by atoms with E-state index in [0.717, 1.165) is 44.2 Å². The van der Waals surface area contributed by atoms with Crippen molar-refractivity contribution < 1.29 is 22.8 Å². The minimum absolute atomic E-state index is 0.0753. The average Bonchev–Trinajstić information content (AvgIpc) is 2.54. The number of benzene rings is 1. The van der Waals surface area contributed by atoms with Gasteiger partial charge in [0.05, 0.1) is 5.56 Å². The zero-order valence-corrected chi connectivity index (χ0v) is 13.2. The van der Waals surface area contributed by atoms with Gasteiger partial charge in [-0.1, -0.05) is 31.4 Å². The molecule has 0 heterocycles. The van der Waals surface area contributed by atoms with Crippen LogP contribution in [0.25, 0.3) is 0 Å². The van der Waals surface area contributed by atoms with E-state index >= 15 is 0 Å². The molecular formula is C17H21F3N2O2. The number of carbonyl (C=O) groups is 2. The molecule has 1 atom stereocenters. The van der Waals surface area contributed by atoms with E-state index in [9.17, 15) is 22.8 Å². The summed E-state index contributed by atoms with van der Waals surface area (Å²) in [6.45, 7) is 0. The van der Waals surface area contributed by atoms with Gasteiger partial charge in [0, 0.05) is 12.3 Å². The highest BCUT2D eigenvalue weighted by Gasteiger charge is 2.30. The molecule has 1 fully saturated rings. The minimum atomic E-state index is -4.41. The van der Waals surface area contributed by atoms with Gasteiger partial charge in [0.2, 0.25) is 11.8 Å². The Morgan fingerprint density at radius 1 is 1.12 bits per heavy atom. The Labute approximate surface area is 138 Å². The van der Waals surface area contributed by atoms with Crippen molar-refractivity contribution in [3.63, 3.8) is 0 Å². The highest BCUT2D eigenvalue weighted by atomic mass is 19.4. The molecule has 1 aliphatic carbocycles. The molecule has 24 heavy (non-hydrogen) atoms. The van der Waals surface area contributed by atoms with Crippen LogP contribution < -0.4 is 11.1 Å². The van der Waals surface area contributed by atoms with E-state index in [0.29, 0.717) is 5.56 Å². The van der Waals surface area contributed by atoms with Crippen LogP contribution in [0.15, 0.2) is 24.3 Å². The van der Waals surface area contributed by atoms with Gasteiger partial charge in [0.25, 0.3) is 0 Å². The zero-order valence-electron chi connectivity index (χ0n) is 13.2. The molecule has 0 unspecified atom stereocenters. The molecule has 3 N–H and O–H groups in total. The molecule has 0 radical (unpaired) electrons. The van der Waals surface area contributed by atoms with Crippen molar-refractivity contribution in [1.29, 1.82) is 0 Å². The Morgan fingerprint density at radius 3 is 2.21 bits per heavy atom. The number of nitrogens with one attached hydrogen (secondary N) is 1. The third-order valence-electron chi connectivity index (χ3n) is 4.36. The van der Waals surface area contributed by atoms with Gasteiger partial charge in [-0.2, -0.15) is 13.2 Å². The van der Waals surface area contributed by atoms with Gasteiger partial charge in [-0.3, -0.25) is 9.59 Å². The van der Waals surface area contributed by atoms with Crippen LogP contribution in [-0.2, 0) is 22.2 Å². The summed E-state index contributed by atoms with van der Waals surface area (Å²) >= 11 is 0. The molecule has 4 nitrogen and oxygen atoms in total.